The van der Waals surface area contributed by atoms with E-state index in [-0.39, 0.29) is 17.7 Å². The fraction of sp³-hybridized carbons (Fsp3) is 0.360. The van der Waals surface area contributed by atoms with Crippen LogP contribution in [0.4, 0.5) is 0 Å². The minimum atomic E-state index is -0.0908. The predicted molar refractivity (Wildman–Crippen MR) is 121 cm³/mol. The molecule has 6 nitrogen and oxygen atoms in total. The van der Waals surface area contributed by atoms with E-state index in [9.17, 15) is 9.59 Å². The van der Waals surface area contributed by atoms with Crippen molar-refractivity contribution < 1.29 is 19.1 Å². The van der Waals surface area contributed by atoms with E-state index in [2.05, 4.69) is 0 Å². The van der Waals surface area contributed by atoms with Gasteiger partial charge in [0.25, 0.3) is 0 Å². The van der Waals surface area contributed by atoms with Crippen LogP contribution in [0.1, 0.15) is 25.0 Å². The second-order valence-electron chi connectivity index (χ2n) is 7.47. The number of benzene rings is 2. The summed E-state index contributed by atoms with van der Waals surface area (Å²) in [5, 5.41) is 0. The zero-order chi connectivity index (χ0) is 22.2. The van der Waals surface area contributed by atoms with Gasteiger partial charge in [-0.05, 0) is 43.2 Å². The molecule has 1 saturated heterocycles. The lowest BCUT2D eigenvalue weighted by Gasteiger charge is -2.39. The molecule has 31 heavy (non-hydrogen) atoms. The maximum Gasteiger partial charge on any atom is 0.246 e. The Morgan fingerprint density at radius 1 is 1.06 bits per heavy atom. The topological polar surface area (TPSA) is 59.1 Å². The van der Waals surface area contributed by atoms with Crippen LogP contribution in [0.5, 0.6) is 11.5 Å². The second kappa shape index (κ2) is 10.7. The largest absolute Gasteiger partial charge is 0.493 e. The molecule has 1 aliphatic heterocycles. The fourth-order valence-electron chi connectivity index (χ4n) is 3.52. The molecule has 0 spiro atoms. The molecule has 6 heteroatoms. The van der Waals surface area contributed by atoms with Crippen LogP contribution in [0.15, 0.2) is 54.6 Å². The zero-order valence-corrected chi connectivity index (χ0v) is 18.4. The summed E-state index contributed by atoms with van der Waals surface area (Å²) in [7, 11) is 1.59. The molecule has 2 aromatic rings. The van der Waals surface area contributed by atoms with E-state index >= 15 is 0 Å². The van der Waals surface area contributed by atoms with Crippen molar-refractivity contribution >= 4 is 17.9 Å². The van der Waals surface area contributed by atoms with E-state index < -0.39 is 0 Å². The first-order valence-corrected chi connectivity index (χ1v) is 10.7. The van der Waals surface area contributed by atoms with E-state index in [1.807, 2.05) is 67.3 Å². The average molecular weight is 423 g/mol. The highest BCUT2D eigenvalue weighted by Gasteiger charge is 2.36. The Kier molecular flexibility index (Phi) is 7.70. The van der Waals surface area contributed by atoms with Crippen molar-refractivity contribution in [1.82, 2.24) is 9.80 Å². The van der Waals surface area contributed by atoms with Crippen LogP contribution in [-0.2, 0) is 16.2 Å². The molecule has 1 heterocycles. The van der Waals surface area contributed by atoms with Crippen LogP contribution >= 0.6 is 0 Å². The molecule has 0 unspecified atom stereocenters. The number of methoxy groups -OCH3 is 1. The van der Waals surface area contributed by atoms with Crippen LogP contribution in [-0.4, -0.2) is 54.9 Å². The van der Waals surface area contributed by atoms with Gasteiger partial charge >= 0.3 is 0 Å². The summed E-state index contributed by atoms with van der Waals surface area (Å²) in [5.41, 5.74) is 1.92. The van der Waals surface area contributed by atoms with Crippen molar-refractivity contribution in [3.05, 3.63) is 65.7 Å². The van der Waals surface area contributed by atoms with Gasteiger partial charge in [0, 0.05) is 32.3 Å². The third-order valence-corrected chi connectivity index (χ3v) is 5.46. The van der Waals surface area contributed by atoms with Crippen molar-refractivity contribution in [2.24, 2.45) is 5.92 Å². The number of carbonyl (C=O) groups excluding carboxylic acids is 2. The first kappa shape index (κ1) is 22.4. The lowest BCUT2D eigenvalue weighted by molar-refractivity contribution is -0.145. The summed E-state index contributed by atoms with van der Waals surface area (Å²) in [5.74, 6) is 1.22. The molecule has 1 aliphatic rings. The highest BCUT2D eigenvalue weighted by Crippen LogP contribution is 2.29. The van der Waals surface area contributed by atoms with Crippen molar-refractivity contribution in [2.75, 3.05) is 33.3 Å². The number of carbonyl (C=O) groups is 2. The van der Waals surface area contributed by atoms with E-state index in [1.165, 1.54) is 6.08 Å². The first-order chi connectivity index (χ1) is 15.0. The Morgan fingerprint density at radius 3 is 2.42 bits per heavy atom. The number of rotatable bonds is 9. The molecule has 2 amide bonds. The van der Waals surface area contributed by atoms with Crippen LogP contribution in [0.2, 0.25) is 0 Å². The summed E-state index contributed by atoms with van der Waals surface area (Å²) in [6.45, 7) is 6.75. The Hall–Kier alpha value is -3.28. The summed E-state index contributed by atoms with van der Waals surface area (Å²) in [6, 6.07) is 15.5. The van der Waals surface area contributed by atoms with Crippen LogP contribution in [0.25, 0.3) is 6.08 Å². The summed E-state index contributed by atoms with van der Waals surface area (Å²) in [4.78, 5) is 28.2. The Labute approximate surface area is 184 Å². The molecule has 0 saturated carbocycles. The molecule has 3 rings (SSSR count). The van der Waals surface area contributed by atoms with Gasteiger partial charge in [-0.1, -0.05) is 36.4 Å². The SMILES string of the molecule is CCN(CC)C(=O)C1CN(C(=O)/C=C/c2ccc(OCc3ccccc3)c(OC)c2)C1. The zero-order valence-electron chi connectivity index (χ0n) is 18.4. The molecule has 0 radical (unpaired) electrons. The molecule has 0 bridgehead atoms. The highest BCUT2D eigenvalue weighted by molar-refractivity contribution is 5.94. The number of hydrogen-bond donors (Lipinski definition) is 0. The van der Waals surface area contributed by atoms with Crippen molar-refractivity contribution in [3.63, 3.8) is 0 Å². The van der Waals surface area contributed by atoms with Gasteiger partial charge in [-0.2, -0.15) is 0 Å². The molecule has 0 aliphatic carbocycles. The molecular formula is C25H30N2O4. The summed E-state index contributed by atoms with van der Waals surface area (Å²) >= 11 is 0. The molecule has 0 N–H and O–H groups in total. The van der Waals surface area contributed by atoms with Gasteiger partial charge in [-0.3, -0.25) is 9.59 Å². The normalized spacial score (nSPS) is 13.7. The van der Waals surface area contributed by atoms with Gasteiger partial charge in [0.2, 0.25) is 11.8 Å². The predicted octanol–water partition coefficient (Wildman–Crippen LogP) is 3.61. The van der Waals surface area contributed by atoms with Crippen molar-refractivity contribution in [3.8, 4) is 11.5 Å². The number of hydrogen-bond acceptors (Lipinski definition) is 4. The van der Waals surface area contributed by atoms with Gasteiger partial charge in [0.05, 0.1) is 13.0 Å². The average Bonchev–Trinajstić information content (AvgIpc) is 2.77. The molecule has 0 atom stereocenters. The minimum Gasteiger partial charge on any atom is -0.493 e. The van der Waals surface area contributed by atoms with Crippen LogP contribution in [0, 0.1) is 5.92 Å². The standard InChI is InChI=1S/C25H30N2O4/c1-4-26(5-2)25(29)21-16-27(17-21)24(28)14-12-19-11-13-22(23(15-19)30-3)31-18-20-9-7-6-8-10-20/h6-15,21H,4-5,16-18H2,1-3H3/b14-12+. The van der Waals surface area contributed by atoms with Gasteiger partial charge in [0.1, 0.15) is 6.61 Å². The first-order valence-electron chi connectivity index (χ1n) is 10.7. The molecule has 2 aromatic carbocycles. The van der Waals surface area contributed by atoms with Gasteiger partial charge in [-0.15, -0.1) is 0 Å². The Balaban J connectivity index is 1.55. The third kappa shape index (κ3) is 5.66. The van der Waals surface area contributed by atoms with Crippen LogP contribution in [0.3, 0.4) is 0 Å². The molecule has 164 valence electrons. The van der Waals surface area contributed by atoms with Gasteiger partial charge < -0.3 is 19.3 Å². The van der Waals surface area contributed by atoms with E-state index in [0.29, 0.717) is 44.3 Å². The smallest absolute Gasteiger partial charge is 0.246 e. The highest BCUT2D eigenvalue weighted by atomic mass is 16.5. The van der Waals surface area contributed by atoms with E-state index in [0.717, 1.165) is 11.1 Å². The number of nitrogens with zero attached hydrogens (tertiary/aromatic N) is 2. The molecular weight excluding hydrogens is 392 g/mol. The number of likely N-dealkylation sites (tertiary alicyclic amines) is 1. The van der Waals surface area contributed by atoms with Gasteiger partial charge in [0.15, 0.2) is 11.5 Å². The summed E-state index contributed by atoms with van der Waals surface area (Å²) < 4.78 is 11.3. The monoisotopic (exact) mass is 422 g/mol. The lowest BCUT2D eigenvalue weighted by atomic mass is 9.98. The van der Waals surface area contributed by atoms with Crippen LogP contribution < -0.4 is 9.47 Å². The number of ether oxygens (including phenoxy) is 2. The minimum absolute atomic E-state index is 0.0848. The maximum atomic E-state index is 12.4. The maximum absolute atomic E-state index is 12.4. The Bertz CT molecular complexity index is 916. The second-order valence-corrected chi connectivity index (χ2v) is 7.47. The molecule has 0 aromatic heterocycles. The molecule has 1 fully saturated rings. The fourth-order valence-corrected chi connectivity index (χ4v) is 3.52. The summed E-state index contributed by atoms with van der Waals surface area (Å²) in [6.07, 6.45) is 3.29. The quantitative estimate of drug-likeness (QED) is 0.579. The van der Waals surface area contributed by atoms with Crippen molar-refractivity contribution in [2.45, 2.75) is 20.5 Å². The van der Waals surface area contributed by atoms with Gasteiger partial charge in [-0.25, -0.2) is 0 Å². The van der Waals surface area contributed by atoms with E-state index in [4.69, 9.17) is 9.47 Å². The van der Waals surface area contributed by atoms with E-state index in [1.54, 1.807) is 18.1 Å². The van der Waals surface area contributed by atoms with Crippen molar-refractivity contribution in [1.29, 1.82) is 0 Å². The number of amides is 2. The Morgan fingerprint density at radius 2 is 1.77 bits per heavy atom. The third-order valence-electron chi connectivity index (χ3n) is 5.46. The lowest BCUT2D eigenvalue weighted by Crippen LogP contribution is -2.56.